The van der Waals surface area contributed by atoms with Gasteiger partial charge in [0.1, 0.15) is 0 Å². The van der Waals surface area contributed by atoms with E-state index in [4.69, 9.17) is 5.73 Å². The molecule has 0 spiro atoms. The van der Waals surface area contributed by atoms with E-state index in [0.717, 1.165) is 18.5 Å². The SMILES string of the molecule is CC.NC1CC=CC2=C1/C(=C\Cc1ccc3cc(-n4c5ccccc5c5cc(-c6ccc7c(c6)c6ccccc6n7-c6ccccc6)ccc54)ccc3c1)c1ccccc12. The lowest BCUT2D eigenvalue weighted by molar-refractivity contribution is 0.803. The van der Waals surface area contributed by atoms with Crippen molar-refractivity contribution in [3.63, 3.8) is 0 Å². The van der Waals surface area contributed by atoms with Gasteiger partial charge in [-0.3, -0.25) is 0 Å². The quantitative estimate of drug-likeness (QED) is 0.186. The Morgan fingerprint density at radius 2 is 1.08 bits per heavy atom. The minimum absolute atomic E-state index is 0.0323. The van der Waals surface area contributed by atoms with Crippen LogP contribution in [0.15, 0.2) is 200 Å². The topological polar surface area (TPSA) is 35.9 Å². The van der Waals surface area contributed by atoms with Crippen LogP contribution in [0.2, 0.25) is 0 Å². The summed E-state index contributed by atoms with van der Waals surface area (Å²) in [7, 11) is 0. The number of nitrogens with zero attached hydrogens (tertiary/aromatic N) is 2. The van der Waals surface area contributed by atoms with E-state index in [2.05, 4.69) is 203 Å². The van der Waals surface area contributed by atoms with Crippen molar-refractivity contribution in [2.45, 2.75) is 32.7 Å². The Bertz CT molecular complexity index is 3410. The molecular formula is C57H45N3. The maximum atomic E-state index is 6.69. The Labute approximate surface area is 350 Å². The summed E-state index contributed by atoms with van der Waals surface area (Å²) in [6, 6.07) is 64.7. The summed E-state index contributed by atoms with van der Waals surface area (Å²) in [6.45, 7) is 4.00. The summed E-state index contributed by atoms with van der Waals surface area (Å²) in [5.74, 6) is 0. The molecular weight excluding hydrogens is 727 g/mol. The third-order valence-electron chi connectivity index (χ3n) is 12.5. The van der Waals surface area contributed by atoms with Crippen LogP contribution >= 0.6 is 0 Å². The first-order valence-electron chi connectivity index (χ1n) is 21.3. The molecule has 2 aromatic heterocycles. The summed E-state index contributed by atoms with van der Waals surface area (Å²) >= 11 is 0. The van der Waals surface area contributed by atoms with Gasteiger partial charge in [-0.05, 0) is 129 Å². The summed E-state index contributed by atoms with van der Waals surface area (Å²) < 4.78 is 4.80. The molecule has 0 fully saturated rings. The first kappa shape index (κ1) is 35.9. The molecule has 1 atom stereocenters. The van der Waals surface area contributed by atoms with Crippen molar-refractivity contribution in [2.24, 2.45) is 5.73 Å². The molecule has 2 N–H and O–H groups in total. The van der Waals surface area contributed by atoms with Crippen molar-refractivity contribution in [2.75, 3.05) is 0 Å². The number of para-hydroxylation sites is 3. The van der Waals surface area contributed by atoms with Crippen LogP contribution in [0, 0.1) is 0 Å². The molecule has 0 aliphatic heterocycles. The second kappa shape index (κ2) is 14.6. The van der Waals surface area contributed by atoms with Crippen LogP contribution in [-0.4, -0.2) is 15.2 Å². The maximum absolute atomic E-state index is 6.69. The molecule has 0 radical (unpaired) electrons. The van der Waals surface area contributed by atoms with Crippen LogP contribution in [-0.2, 0) is 6.42 Å². The Morgan fingerprint density at radius 1 is 0.517 bits per heavy atom. The van der Waals surface area contributed by atoms with E-state index in [1.807, 2.05) is 13.8 Å². The van der Waals surface area contributed by atoms with Gasteiger partial charge in [0, 0.05) is 39.0 Å². The number of nitrogens with two attached hydrogens (primary N) is 1. The van der Waals surface area contributed by atoms with Crippen LogP contribution in [0.25, 0.3) is 88.0 Å². The number of aromatic nitrogens is 2. The fourth-order valence-electron chi connectivity index (χ4n) is 9.84. The van der Waals surface area contributed by atoms with Crippen molar-refractivity contribution in [1.82, 2.24) is 9.13 Å². The van der Waals surface area contributed by atoms with E-state index in [1.165, 1.54) is 105 Å². The van der Waals surface area contributed by atoms with E-state index >= 15 is 0 Å². The fourth-order valence-corrected chi connectivity index (χ4v) is 9.84. The summed E-state index contributed by atoms with van der Waals surface area (Å²) in [6.07, 6.45) is 8.60. The third kappa shape index (κ3) is 5.69. The van der Waals surface area contributed by atoms with E-state index in [-0.39, 0.29) is 6.04 Å². The zero-order valence-electron chi connectivity index (χ0n) is 33.9. The molecule has 2 aliphatic rings. The normalized spacial score (nSPS) is 15.3. The Kier molecular flexibility index (Phi) is 8.72. The summed E-state index contributed by atoms with van der Waals surface area (Å²) in [4.78, 5) is 0. The van der Waals surface area contributed by atoms with Gasteiger partial charge in [-0.2, -0.15) is 0 Å². The number of hydrogen-bond donors (Lipinski definition) is 1. The molecule has 60 heavy (non-hydrogen) atoms. The van der Waals surface area contributed by atoms with Gasteiger partial charge in [-0.25, -0.2) is 0 Å². The summed E-state index contributed by atoms with van der Waals surface area (Å²) in [5, 5.41) is 7.51. The lowest BCUT2D eigenvalue weighted by Crippen LogP contribution is -2.23. The zero-order chi connectivity index (χ0) is 40.3. The van der Waals surface area contributed by atoms with Gasteiger partial charge >= 0.3 is 0 Å². The molecule has 288 valence electrons. The molecule has 0 saturated carbocycles. The van der Waals surface area contributed by atoms with Crippen LogP contribution < -0.4 is 5.73 Å². The number of fused-ring (bicyclic) bond motifs is 9. The lowest BCUT2D eigenvalue weighted by Gasteiger charge is -2.18. The maximum Gasteiger partial charge on any atom is 0.0541 e. The first-order valence-corrected chi connectivity index (χ1v) is 21.3. The Hall–Kier alpha value is -7.20. The molecule has 0 saturated heterocycles. The average Bonchev–Trinajstić information content (AvgIpc) is 3.95. The van der Waals surface area contributed by atoms with Crippen LogP contribution in [0.4, 0.5) is 0 Å². The molecule has 10 aromatic rings. The smallest absolute Gasteiger partial charge is 0.0541 e. The van der Waals surface area contributed by atoms with Crippen molar-refractivity contribution in [1.29, 1.82) is 0 Å². The van der Waals surface area contributed by atoms with Gasteiger partial charge in [0.25, 0.3) is 0 Å². The molecule has 0 amide bonds. The van der Waals surface area contributed by atoms with Crippen LogP contribution in [0.5, 0.6) is 0 Å². The highest BCUT2D eigenvalue weighted by atomic mass is 15.0. The molecule has 0 bridgehead atoms. The first-order chi connectivity index (χ1) is 29.7. The van der Waals surface area contributed by atoms with Crippen molar-refractivity contribution in [3.8, 4) is 22.5 Å². The van der Waals surface area contributed by atoms with E-state index < -0.39 is 0 Å². The Morgan fingerprint density at radius 3 is 1.78 bits per heavy atom. The molecule has 2 aliphatic carbocycles. The molecule has 3 heteroatoms. The van der Waals surface area contributed by atoms with Gasteiger partial charge < -0.3 is 14.9 Å². The van der Waals surface area contributed by atoms with Crippen LogP contribution in [0.3, 0.4) is 0 Å². The second-order valence-corrected chi connectivity index (χ2v) is 15.8. The average molecular weight is 772 g/mol. The predicted octanol–water partition coefficient (Wildman–Crippen LogP) is 14.4. The highest BCUT2D eigenvalue weighted by Gasteiger charge is 2.29. The van der Waals surface area contributed by atoms with Gasteiger partial charge in [0.2, 0.25) is 0 Å². The molecule has 8 aromatic carbocycles. The minimum atomic E-state index is 0.0323. The number of allylic oxidation sites excluding steroid dienone is 3. The number of rotatable bonds is 5. The van der Waals surface area contributed by atoms with Gasteiger partial charge in [0.05, 0.1) is 22.1 Å². The van der Waals surface area contributed by atoms with E-state index in [1.54, 1.807) is 0 Å². The van der Waals surface area contributed by atoms with Crippen molar-refractivity contribution < 1.29 is 0 Å². The summed E-state index contributed by atoms with van der Waals surface area (Å²) in [5.41, 5.74) is 24.1. The number of hydrogen-bond acceptors (Lipinski definition) is 1. The minimum Gasteiger partial charge on any atom is -0.324 e. The van der Waals surface area contributed by atoms with Crippen molar-refractivity contribution >= 4 is 65.5 Å². The standard InChI is InChI=1S/C55H39N3.C2H6/c56-50-18-10-17-46-42-13-4-5-14-43(42)47(55(46)50)28-22-35-21-23-37-32-41(27-24-36(37)31-35)58-52-20-9-7-16-45(52)49-34-39(26-30-54(49)58)38-25-29-53-48(33-38)44-15-6-8-19-51(44)57(53)40-11-2-1-3-12-40;1-2/h1-17,19-21,23-34,50H,18,22,56H2;1-2H3/b47-28-;. The second-order valence-electron chi connectivity index (χ2n) is 15.8. The van der Waals surface area contributed by atoms with E-state index in [9.17, 15) is 0 Å². The molecule has 3 nitrogen and oxygen atoms in total. The molecule has 1 unspecified atom stereocenters. The predicted molar refractivity (Wildman–Crippen MR) is 256 cm³/mol. The monoisotopic (exact) mass is 771 g/mol. The fraction of sp³-hybridized carbons (Fsp3) is 0.0877. The lowest BCUT2D eigenvalue weighted by atomic mass is 9.90. The largest absolute Gasteiger partial charge is 0.324 e. The number of benzene rings is 8. The Balaban J connectivity index is 0.00000201. The van der Waals surface area contributed by atoms with Gasteiger partial charge in [0.15, 0.2) is 0 Å². The highest BCUT2D eigenvalue weighted by Crippen LogP contribution is 2.46. The van der Waals surface area contributed by atoms with Gasteiger partial charge in [-0.15, -0.1) is 0 Å². The third-order valence-corrected chi connectivity index (χ3v) is 12.5. The zero-order valence-corrected chi connectivity index (χ0v) is 33.9. The van der Waals surface area contributed by atoms with Crippen molar-refractivity contribution in [3.05, 3.63) is 216 Å². The van der Waals surface area contributed by atoms with E-state index in [0.29, 0.717) is 0 Å². The molecule has 12 rings (SSSR count). The highest BCUT2D eigenvalue weighted by molar-refractivity contribution is 6.13. The molecule has 2 heterocycles. The van der Waals surface area contributed by atoms with Crippen LogP contribution in [0.1, 0.15) is 37.0 Å². The van der Waals surface area contributed by atoms with Gasteiger partial charge in [-0.1, -0.05) is 147 Å².